The van der Waals surface area contributed by atoms with Crippen LogP contribution in [0.1, 0.15) is 52.7 Å². The molecule has 0 N–H and O–H groups in total. The van der Waals surface area contributed by atoms with E-state index in [9.17, 15) is 0 Å². The Morgan fingerprint density at radius 2 is 0.607 bits per heavy atom. The van der Waals surface area contributed by atoms with Crippen molar-refractivity contribution < 1.29 is 42.4 Å². The molecule has 0 aliphatic carbocycles. The van der Waals surface area contributed by atoms with Gasteiger partial charge in [0.1, 0.15) is 0 Å². The van der Waals surface area contributed by atoms with Gasteiger partial charge in [-0.25, -0.2) is 0 Å². The zero-order chi connectivity index (χ0) is 20.4. The van der Waals surface area contributed by atoms with Crippen LogP contribution >= 0.6 is 0 Å². The molecular weight excluding hydrogens is 566 g/mol. The van der Waals surface area contributed by atoms with Gasteiger partial charge in [0.2, 0.25) is 0 Å². The molecule has 0 amide bonds. The first-order valence-electron chi connectivity index (χ1n) is 9.72. The van der Waals surface area contributed by atoms with Crippen molar-refractivity contribution in [3.05, 3.63) is 98.2 Å². The summed E-state index contributed by atoms with van der Waals surface area (Å²) in [5.74, 6) is 0. The van der Waals surface area contributed by atoms with Crippen LogP contribution in [0.3, 0.4) is 0 Å². The monoisotopic (exact) mass is 596 g/mol. The third-order valence-electron chi connectivity index (χ3n) is 4.66. The molecule has 0 fully saturated rings. The lowest BCUT2D eigenvalue weighted by molar-refractivity contribution is -0.603. The lowest BCUT2D eigenvalue weighted by atomic mass is 9.87. The van der Waals surface area contributed by atoms with Gasteiger partial charge in [0, 0.05) is 0 Å². The maximum absolute atomic E-state index is 2.35. The Morgan fingerprint density at radius 3 is 0.821 bits per heavy atom. The van der Waals surface area contributed by atoms with Gasteiger partial charge in [-0.05, 0) is 70.5 Å². The minimum Gasteiger partial charge on any atom is -0.0561 e. The second-order valence-corrected chi connectivity index (χ2v) is 15.2. The Bertz CT molecular complexity index is 813. The first-order chi connectivity index (χ1) is 13.1. The molecule has 0 unspecified atom stereocenters. The summed E-state index contributed by atoms with van der Waals surface area (Å²) in [5, 5.41) is 0. The van der Waals surface area contributed by atoms with Crippen molar-refractivity contribution >= 4 is 0 Å². The Morgan fingerprint density at radius 1 is 0.393 bits per heavy atom. The summed E-state index contributed by atoms with van der Waals surface area (Å²) < 4.78 is 5.98. The van der Waals surface area contributed by atoms with Gasteiger partial charge in [0.15, 0.2) is 14.3 Å². The number of hydrogen-bond donors (Lipinski definition) is 0. The van der Waals surface area contributed by atoms with E-state index < -0.39 is 0 Å². The number of hydrogen-bond acceptors (Lipinski definition) is 0. The van der Waals surface area contributed by atoms with Crippen LogP contribution in [0.15, 0.2) is 72.8 Å². The standard InChI is InChI=1S/C26H30I2/c1-25(2,3)19-7-11-21(12-8-19)27-23-15-17-24(18-16-23)28-22-13-9-20(10-14-22)26(4,5)6/h7-18H,1-6H3/q+2. The summed E-state index contributed by atoms with van der Waals surface area (Å²) in [6, 6.07) is 27.9. The molecule has 0 aromatic heterocycles. The summed E-state index contributed by atoms with van der Waals surface area (Å²) in [5.41, 5.74) is 3.29. The lowest BCUT2D eigenvalue weighted by Crippen LogP contribution is -3.62. The van der Waals surface area contributed by atoms with E-state index in [4.69, 9.17) is 0 Å². The van der Waals surface area contributed by atoms with E-state index in [2.05, 4.69) is 114 Å². The van der Waals surface area contributed by atoms with Crippen molar-refractivity contribution in [3.8, 4) is 0 Å². The minimum atomic E-state index is -0.0997. The smallest absolute Gasteiger partial charge is 0.0561 e. The van der Waals surface area contributed by atoms with Gasteiger partial charge in [-0.2, -0.15) is 0 Å². The van der Waals surface area contributed by atoms with Gasteiger partial charge in [0.05, 0.1) is 0 Å². The van der Waals surface area contributed by atoms with E-state index in [0.29, 0.717) is 0 Å². The van der Waals surface area contributed by atoms with Gasteiger partial charge in [0.25, 0.3) is 0 Å². The summed E-state index contributed by atoms with van der Waals surface area (Å²) >= 11 is -0.199. The molecule has 0 aliphatic rings. The fourth-order valence-electron chi connectivity index (χ4n) is 2.83. The predicted molar refractivity (Wildman–Crippen MR) is 112 cm³/mol. The van der Waals surface area contributed by atoms with E-state index in [1.54, 1.807) is 0 Å². The molecule has 146 valence electrons. The average molecular weight is 596 g/mol. The van der Waals surface area contributed by atoms with E-state index in [1.165, 1.54) is 25.4 Å². The second kappa shape index (κ2) is 8.86. The highest BCUT2D eigenvalue weighted by molar-refractivity contribution is 5.23. The Hall–Kier alpha value is -0.880. The molecule has 0 heterocycles. The summed E-state index contributed by atoms with van der Waals surface area (Å²) in [6.07, 6.45) is 0. The van der Waals surface area contributed by atoms with E-state index in [-0.39, 0.29) is 53.2 Å². The fraction of sp³-hybridized carbons (Fsp3) is 0.308. The van der Waals surface area contributed by atoms with Crippen molar-refractivity contribution in [2.24, 2.45) is 0 Å². The first kappa shape index (κ1) is 21.8. The molecule has 3 aromatic rings. The molecule has 3 rings (SSSR count). The third-order valence-corrected chi connectivity index (χ3v) is 10.0. The fourth-order valence-corrected chi connectivity index (χ4v) is 7.15. The lowest BCUT2D eigenvalue weighted by Gasteiger charge is -2.18. The van der Waals surface area contributed by atoms with Gasteiger partial charge in [-0.3, -0.25) is 0 Å². The van der Waals surface area contributed by atoms with Crippen LogP contribution in [0.25, 0.3) is 0 Å². The number of halogens is 2. The van der Waals surface area contributed by atoms with Crippen LogP contribution in [0.4, 0.5) is 0 Å². The zero-order valence-corrected chi connectivity index (χ0v) is 22.0. The quantitative estimate of drug-likeness (QED) is 0.387. The van der Waals surface area contributed by atoms with E-state index >= 15 is 0 Å². The molecule has 0 saturated carbocycles. The molecule has 28 heavy (non-hydrogen) atoms. The van der Waals surface area contributed by atoms with E-state index in [1.807, 2.05) is 0 Å². The first-order valence-corrected chi connectivity index (χ1v) is 14.0. The Kier molecular flexibility index (Phi) is 6.91. The SMILES string of the molecule is CC(C)(C)c1ccc([I+]c2ccc([I+]c3ccc(C(C)(C)C)cc3)cc2)cc1. The van der Waals surface area contributed by atoms with Crippen LogP contribution < -0.4 is 42.4 Å². The molecule has 0 bridgehead atoms. The topological polar surface area (TPSA) is 0 Å². The molecule has 0 nitrogen and oxygen atoms in total. The van der Waals surface area contributed by atoms with Crippen LogP contribution in [0, 0.1) is 14.3 Å². The van der Waals surface area contributed by atoms with Crippen molar-refractivity contribution in [3.63, 3.8) is 0 Å². The van der Waals surface area contributed by atoms with Gasteiger partial charge in [-0.1, -0.05) is 65.8 Å². The molecule has 0 radical (unpaired) electrons. The van der Waals surface area contributed by atoms with Crippen LogP contribution in [-0.2, 0) is 10.8 Å². The summed E-state index contributed by atoms with van der Waals surface area (Å²) in [6.45, 7) is 13.6. The molecule has 3 aromatic carbocycles. The maximum Gasteiger partial charge on any atom is 0.357 e. The highest BCUT2D eigenvalue weighted by Gasteiger charge is 2.22. The Balaban J connectivity index is 1.63. The van der Waals surface area contributed by atoms with Crippen LogP contribution in [0.5, 0.6) is 0 Å². The molecule has 0 aliphatic heterocycles. The molecule has 0 atom stereocenters. The van der Waals surface area contributed by atoms with Crippen LogP contribution in [-0.4, -0.2) is 0 Å². The van der Waals surface area contributed by atoms with Gasteiger partial charge < -0.3 is 0 Å². The summed E-state index contributed by atoms with van der Waals surface area (Å²) in [7, 11) is 0. The molecular formula is C26H30I2+2. The second-order valence-electron chi connectivity index (χ2n) is 9.14. The summed E-state index contributed by atoms with van der Waals surface area (Å²) in [4.78, 5) is 0. The van der Waals surface area contributed by atoms with Gasteiger partial charge >= 0.3 is 42.4 Å². The number of rotatable bonds is 4. The normalized spacial score (nSPS) is 12.2. The van der Waals surface area contributed by atoms with Crippen molar-refractivity contribution in [1.29, 1.82) is 0 Å². The predicted octanol–water partition coefficient (Wildman–Crippen LogP) is 0.538. The van der Waals surface area contributed by atoms with Crippen LogP contribution in [0.2, 0.25) is 0 Å². The largest absolute Gasteiger partial charge is 0.357 e. The third kappa shape index (κ3) is 6.06. The zero-order valence-electron chi connectivity index (χ0n) is 17.7. The Labute approximate surface area is 191 Å². The molecule has 0 spiro atoms. The maximum atomic E-state index is 2.35. The van der Waals surface area contributed by atoms with E-state index in [0.717, 1.165) is 0 Å². The highest BCUT2D eigenvalue weighted by Crippen LogP contribution is 2.21. The number of benzene rings is 3. The average Bonchev–Trinajstić information content (AvgIpc) is 2.63. The molecule has 0 saturated heterocycles. The van der Waals surface area contributed by atoms with Gasteiger partial charge in [-0.15, -0.1) is 0 Å². The van der Waals surface area contributed by atoms with Crippen molar-refractivity contribution in [1.82, 2.24) is 0 Å². The van der Waals surface area contributed by atoms with Crippen molar-refractivity contribution in [2.75, 3.05) is 0 Å². The highest BCUT2D eigenvalue weighted by atomic mass is 127. The minimum absolute atomic E-state index is 0.0997. The van der Waals surface area contributed by atoms with Crippen molar-refractivity contribution in [2.45, 2.75) is 52.4 Å². The molecule has 2 heteroatoms.